The summed E-state index contributed by atoms with van der Waals surface area (Å²) in [4.78, 5) is 0. The maximum Gasteiger partial charge on any atom is 0.498 e. The van der Waals surface area contributed by atoms with Gasteiger partial charge < -0.3 is 19.8 Å². The molecule has 0 unspecified atom stereocenters. The summed E-state index contributed by atoms with van der Waals surface area (Å²) in [6, 6.07) is 1.14. The normalized spacial score (nSPS) is 20.0. The minimum absolute atomic E-state index is 0.0311. The number of alkyl halides is 3. The van der Waals surface area contributed by atoms with E-state index in [9.17, 15) is 13.2 Å². The first-order chi connectivity index (χ1) is 12.7. The van der Waals surface area contributed by atoms with Crippen molar-refractivity contribution in [1.82, 2.24) is 9.78 Å². The van der Waals surface area contributed by atoms with E-state index in [-0.39, 0.29) is 27.9 Å². The van der Waals surface area contributed by atoms with Crippen LogP contribution in [-0.2, 0) is 16.4 Å². The zero-order valence-corrected chi connectivity index (χ0v) is 16.4. The highest BCUT2D eigenvalue weighted by Crippen LogP contribution is 2.39. The van der Waals surface area contributed by atoms with Crippen molar-refractivity contribution >= 4 is 29.3 Å². The van der Waals surface area contributed by atoms with E-state index in [1.165, 1.54) is 7.05 Å². The Balaban J connectivity index is 2.17. The van der Waals surface area contributed by atoms with Crippen molar-refractivity contribution < 1.29 is 31.6 Å². The van der Waals surface area contributed by atoms with E-state index in [4.69, 9.17) is 19.8 Å². The highest BCUT2D eigenvalue weighted by molar-refractivity contribution is 6.62. The first-order valence-corrected chi connectivity index (χ1v) is 8.69. The lowest BCUT2D eigenvalue weighted by atomic mass is 9.78. The second-order valence-electron chi connectivity index (χ2n) is 7.90. The molecule has 0 amide bonds. The van der Waals surface area contributed by atoms with E-state index in [2.05, 4.69) is 5.10 Å². The molecule has 0 saturated carbocycles. The van der Waals surface area contributed by atoms with Crippen LogP contribution >= 0.6 is 0 Å². The quantitative estimate of drug-likeness (QED) is 0.631. The van der Waals surface area contributed by atoms with E-state index in [1.54, 1.807) is 27.7 Å². The third-order valence-electron chi connectivity index (χ3n) is 5.34. The topological polar surface area (TPSA) is 71.5 Å². The van der Waals surface area contributed by atoms with E-state index < -0.39 is 36.4 Å². The number of nitrogens with zero attached hydrogens (tertiary/aromatic N) is 2. The molecule has 1 aromatic carbocycles. The number of anilines is 1. The monoisotopic (exact) mass is 403 g/mol. The molecule has 2 heterocycles. The fourth-order valence-corrected chi connectivity index (χ4v) is 2.94. The van der Waals surface area contributed by atoms with Gasteiger partial charge in [0, 0.05) is 12.5 Å². The second kappa shape index (κ2) is 6.25. The number of rotatable bonds is 3. The fraction of sp³-hybridized carbons (Fsp3) is 0.588. The number of aromatic nitrogens is 2. The highest BCUT2D eigenvalue weighted by atomic mass is 19.4. The summed E-state index contributed by atoms with van der Waals surface area (Å²) in [6.07, 6.45) is -6.74. The minimum Gasteiger partial charge on any atom is -0.480 e. The summed E-state index contributed by atoms with van der Waals surface area (Å²) in [5.74, 6) is -1.12. The molecule has 3 rings (SSSR count). The standard InChI is InChI=1S/C17H22BF4N3O3/c1-8(17(20,21)22)26-10-7-9(18-27-15(2,3)16(4,5)28-18)12(19)13-11(10)14(23)24-25(13)6/h7-8H,1-6H3,(H2,23,24)/t8-/m0/s1. The average molecular weight is 403 g/mol. The molecule has 0 radical (unpaired) electrons. The van der Waals surface area contributed by atoms with E-state index in [0.29, 0.717) is 0 Å². The van der Waals surface area contributed by atoms with Gasteiger partial charge in [-0.15, -0.1) is 0 Å². The van der Waals surface area contributed by atoms with Crippen LogP contribution in [0.5, 0.6) is 5.75 Å². The fourth-order valence-electron chi connectivity index (χ4n) is 2.94. The molecular formula is C17H22BF4N3O3. The summed E-state index contributed by atoms with van der Waals surface area (Å²) in [5.41, 5.74) is 4.11. The summed E-state index contributed by atoms with van der Waals surface area (Å²) in [6.45, 7) is 8.00. The number of halogens is 4. The van der Waals surface area contributed by atoms with Crippen LogP contribution in [0.15, 0.2) is 6.07 Å². The Hall–Kier alpha value is -2.01. The van der Waals surface area contributed by atoms with Gasteiger partial charge in [-0.2, -0.15) is 18.3 Å². The van der Waals surface area contributed by atoms with Gasteiger partial charge in [0.1, 0.15) is 17.1 Å². The Bertz CT molecular complexity index is 911. The first-order valence-electron chi connectivity index (χ1n) is 8.69. The minimum atomic E-state index is -4.61. The lowest BCUT2D eigenvalue weighted by Gasteiger charge is -2.32. The van der Waals surface area contributed by atoms with Gasteiger partial charge in [-0.1, -0.05) is 0 Å². The molecule has 1 atom stereocenters. The average Bonchev–Trinajstić information content (AvgIpc) is 2.93. The highest BCUT2D eigenvalue weighted by Gasteiger charge is 2.53. The number of ether oxygens (including phenoxy) is 1. The maximum absolute atomic E-state index is 15.3. The number of nitrogen functional groups attached to an aromatic ring is 1. The van der Waals surface area contributed by atoms with Crippen LogP contribution < -0.4 is 15.9 Å². The van der Waals surface area contributed by atoms with Gasteiger partial charge in [0.15, 0.2) is 11.9 Å². The van der Waals surface area contributed by atoms with E-state index in [1.807, 2.05) is 0 Å². The largest absolute Gasteiger partial charge is 0.498 e. The van der Waals surface area contributed by atoms with Gasteiger partial charge in [0.05, 0.1) is 16.6 Å². The molecule has 1 fully saturated rings. The Kier molecular flexibility index (Phi) is 4.62. The predicted octanol–water partition coefficient (Wildman–Crippen LogP) is 2.92. The molecule has 1 aliphatic rings. The Labute approximate surface area is 160 Å². The van der Waals surface area contributed by atoms with Crippen LogP contribution in [0.3, 0.4) is 0 Å². The smallest absolute Gasteiger partial charge is 0.480 e. The van der Waals surface area contributed by atoms with Gasteiger partial charge in [-0.3, -0.25) is 4.68 Å². The molecule has 11 heteroatoms. The Morgan fingerprint density at radius 3 is 2.25 bits per heavy atom. The molecule has 154 valence electrons. The van der Waals surface area contributed by atoms with Crippen molar-refractivity contribution in [3.8, 4) is 5.75 Å². The van der Waals surface area contributed by atoms with Gasteiger partial charge in [-0.05, 0) is 40.7 Å². The molecule has 28 heavy (non-hydrogen) atoms. The number of nitrogens with two attached hydrogens (primary N) is 1. The van der Waals surface area contributed by atoms with Crippen LogP contribution in [-0.4, -0.2) is 40.4 Å². The Morgan fingerprint density at radius 2 is 1.75 bits per heavy atom. The van der Waals surface area contributed by atoms with Crippen LogP contribution in [0.2, 0.25) is 0 Å². The van der Waals surface area contributed by atoms with E-state index >= 15 is 4.39 Å². The molecule has 0 aliphatic carbocycles. The van der Waals surface area contributed by atoms with Crippen molar-refractivity contribution in [2.75, 3.05) is 5.73 Å². The second-order valence-corrected chi connectivity index (χ2v) is 7.90. The summed E-state index contributed by atoms with van der Waals surface area (Å²) < 4.78 is 72.3. The maximum atomic E-state index is 15.3. The van der Waals surface area contributed by atoms with Gasteiger partial charge >= 0.3 is 13.3 Å². The molecule has 0 spiro atoms. The van der Waals surface area contributed by atoms with Crippen molar-refractivity contribution in [2.45, 2.75) is 58.1 Å². The lowest BCUT2D eigenvalue weighted by molar-refractivity contribution is -0.188. The summed E-state index contributed by atoms with van der Waals surface area (Å²) in [5, 5.41) is 3.89. The third-order valence-corrected chi connectivity index (χ3v) is 5.34. The number of benzene rings is 1. The molecule has 6 nitrogen and oxygen atoms in total. The molecular weight excluding hydrogens is 381 g/mol. The third kappa shape index (κ3) is 3.20. The molecule has 1 aliphatic heterocycles. The van der Waals surface area contributed by atoms with Crippen molar-refractivity contribution in [3.05, 3.63) is 11.9 Å². The van der Waals surface area contributed by atoms with Crippen LogP contribution in [0.1, 0.15) is 34.6 Å². The predicted molar refractivity (Wildman–Crippen MR) is 96.9 cm³/mol. The van der Waals surface area contributed by atoms with Crippen molar-refractivity contribution in [3.63, 3.8) is 0 Å². The molecule has 1 aromatic heterocycles. The zero-order valence-electron chi connectivity index (χ0n) is 16.4. The molecule has 2 N–H and O–H groups in total. The SMILES string of the molecule is C[C@H](Oc1cc(B2OC(C)(C)C(C)(C)O2)c(F)c2c1c(N)nn2C)C(F)(F)F. The number of aryl methyl sites for hydroxylation is 1. The van der Waals surface area contributed by atoms with Crippen LogP contribution in [0, 0.1) is 5.82 Å². The van der Waals surface area contributed by atoms with Crippen molar-refractivity contribution in [2.24, 2.45) is 7.05 Å². The van der Waals surface area contributed by atoms with Crippen LogP contribution in [0.4, 0.5) is 23.4 Å². The zero-order chi connectivity index (χ0) is 21.2. The number of hydrogen-bond donors (Lipinski definition) is 1. The molecule has 2 aromatic rings. The number of fused-ring (bicyclic) bond motifs is 1. The van der Waals surface area contributed by atoms with Gasteiger partial charge in [-0.25, -0.2) is 4.39 Å². The first kappa shape index (κ1) is 20.7. The summed E-state index contributed by atoms with van der Waals surface area (Å²) >= 11 is 0. The molecule has 1 saturated heterocycles. The van der Waals surface area contributed by atoms with Crippen molar-refractivity contribution in [1.29, 1.82) is 0 Å². The Morgan fingerprint density at radius 1 is 1.21 bits per heavy atom. The molecule has 0 bridgehead atoms. The van der Waals surface area contributed by atoms with E-state index in [0.717, 1.165) is 17.7 Å². The van der Waals surface area contributed by atoms with Gasteiger partial charge in [0.2, 0.25) is 0 Å². The number of hydrogen-bond acceptors (Lipinski definition) is 5. The van der Waals surface area contributed by atoms with Gasteiger partial charge in [0.25, 0.3) is 0 Å². The summed E-state index contributed by atoms with van der Waals surface area (Å²) in [7, 11) is 0.307. The van der Waals surface area contributed by atoms with Crippen LogP contribution in [0.25, 0.3) is 10.9 Å². The lowest BCUT2D eigenvalue weighted by Crippen LogP contribution is -2.41.